The summed E-state index contributed by atoms with van der Waals surface area (Å²) in [5.41, 5.74) is -5.61. The van der Waals surface area contributed by atoms with Crippen LogP contribution in [0.2, 0.25) is 0 Å². The third kappa shape index (κ3) is 8.55. The summed E-state index contributed by atoms with van der Waals surface area (Å²) in [6.45, 7) is 0. The summed E-state index contributed by atoms with van der Waals surface area (Å²) in [5, 5.41) is -2.89. The van der Waals surface area contributed by atoms with Gasteiger partial charge in [-0.25, -0.2) is 0 Å². The third-order valence-electron chi connectivity index (χ3n) is 7.43. The Kier molecular flexibility index (Phi) is 14.6. The first-order chi connectivity index (χ1) is 25.5. The van der Waals surface area contributed by atoms with Gasteiger partial charge in [-0.15, -0.1) is 0 Å². The van der Waals surface area contributed by atoms with Crippen molar-refractivity contribution < 1.29 is 117 Å². The molecule has 0 radical (unpaired) electrons. The summed E-state index contributed by atoms with van der Waals surface area (Å²) < 4.78 is 297. The van der Waals surface area contributed by atoms with Gasteiger partial charge in [0.05, 0.1) is 0 Å². The molecule has 0 unspecified atom stereocenters. The Bertz CT molecular complexity index is 2670. The molecule has 9 N–H and O–H groups in total. The molecule has 3 aromatic carbocycles. The van der Waals surface area contributed by atoms with E-state index in [1.54, 1.807) is 0 Å². The van der Waals surface area contributed by atoms with Crippen LogP contribution in [-0.2, 0) is 101 Å². The van der Waals surface area contributed by atoms with Crippen molar-refractivity contribution >= 4 is 144 Å². The van der Waals surface area contributed by atoms with Crippen LogP contribution in [0.4, 0.5) is 0 Å². The Morgan fingerprint density at radius 1 is 0.305 bits per heavy atom. The SMILES string of the molecule is O=S(=O)(O)C(c1cccc(P(c2cccc(C(S(=O)(=O)O)(S(=O)(=O)O)S(=O)(=O)O)c2)c2cccc(C(S(=O)(=O)O)(S(=O)(=O)O)S(=O)(=O)O)c2)c1)(S(=O)(=O)O)S(=O)(=O)O.[NaH]. The zero-order chi connectivity index (χ0) is 45.5. The van der Waals surface area contributed by atoms with Crippen LogP contribution in [0.5, 0.6) is 0 Å². The van der Waals surface area contributed by atoms with Crippen molar-refractivity contribution in [2.24, 2.45) is 0 Å². The van der Waals surface area contributed by atoms with E-state index in [0.29, 0.717) is 36.4 Å². The molecule has 0 saturated carbocycles. The number of hydrogen-bond acceptors (Lipinski definition) is 18. The molecule has 328 valence electrons. The van der Waals surface area contributed by atoms with E-state index in [1.807, 2.05) is 0 Å². The minimum atomic E-state index is -6.85. The fourth-order valence-electron chi connectivity index (χ4n) is 5.49. The van der Waals surface area contributed by atoms with Gasteiger partial charge in [0.25, 0.3) is 0 Å². The normalized spacial score (nSPS) is 14.7. The molecule has 0 bridgehead atoms. The van der Waals surface area contributed by atoms with Gasteiger partial charge in [0.1, 0.15) is 0 Å². The molecule has 0 amide bonds. The number of hydrogen-bond donors (Lipinski definition) is 9. The standard InChI is InChI=1S/C21H21O27PS9.Na.H/c22-50(23,24)19(51(25,26)27,52(28,29)30)13-4-1-7-16(10-13)49(17-8-2-5-14(11-17)20(53(31,32)33,54(34,35)36)55(37,38)39)18-9-3-6-15(12-18)21(56(40,41)42,57(43,44)45)58(46,47)48;;/h1-12H,(H,22,23,24)(H,25,26,27)(H,28,29,30)(H,31,32,33)(H,34,35,36)(H,37,38,39)(H,40,41,42)(H,43,44,45)(H,46,47,48);;. The molecule has 3 aromatic rings. The Morgan fingerprint density at radius 3 is 0.593 bits per heavy atom. The molecule has 3 rings (SSSR count). The summed E-state index contributed by atoms with van der Waals surface area (Å²) in [4.78, 5) is 0. The van der Waals surface area contributed by atoms with Gasteiger partial charge >= 0.3 is 131 Å². The van der Waals surface area contributed by atoms with E-state index >= 15 is 0 Å². The van der Waals surface area contributed by atoms with Crippen LogP contribution in [-0.4, -0.2) is 146 Å². The van der Waals surface area contributed by atoms with Crippen LogP contribution in [0.1, 0.15) is 16.7 Å². The second-order valence-electron chi connectivity index (χ2n) is 10.9. The Labute approximate surface area is 357 Å². The van der Waals surface area contributed by atoms with E-state index < -0.39 is 142 Å². The maximum absolute atomic E-state index is 12.4. The van der Waals surface area contributed by atoms with Crippen molar-refractivity contribution in [1.29, 1.82) is 0 Å². The summed E-state index contributed by atoms with van der Waals surface area (Å²) in [7, 11) is -65.1. The van der Waals surface area contributed by atoms with Gasteiger partial charge in [0.15, 0.2) is 0 Å². The maximum atomic E-state index is 12.4. The molecule has 27 nitrogen and oxygen atoms in total. The second-order valence-corrected chi connectivity index (χ2v) is 29.5. The molecule has 0 aliphatic rings. The van der Waals surface area contributed by atoms with Gasteiger partial charge in [-0.2, -0.15) is 75.8 Å². The van der Waals surface area contributed by atoms with Gasteiger partial charge in [-0.3, -0.25) is 41.0 Å². The third-order valence-corrected chi connectivity index (χ3v) is 29.4. The molecular formula is C21H22NaO27PS9. The predicted octanol–water partition coefficient (Wildman–Crippen LogP) is -3.88. The summed E-state index contributed by atoms with van der Waals surface area (Å²) in [6.07, 6.45) is 0. The van der Waals surface area contributed by atoms with E-state index in [-0.39, 0.29) is 66.0 Å². The molecule has 59 heavy (non-hydrogen) atoms. The van der Waals surface area contributed by atoms with Crippen LogP contribution in [0.25, 0.3) is 0 Å². The Balaban J connectivity index is 0.0000120. The average Bonchev–Trinajstić information content (AvgIpc) is 2.92. The second kappa shape index (κ2) is 16.1. The quantitative estimate of drug-likeness (QED) is 0.0399. The van der Waals surface area contributed by atoms with Crippen molar-refractivity contribution in [3.8, 4) is 0 Å². The molecule has 0 spiro atoms. The van der Waals surface area contributed by atoms with E-state index in [1.165, 1.54) is 0 Å². The summed E-state index contributed by atoms with van der Waals surface area (Å²) in [6, 6.07) is 3.81. The van der Waals surface area contributed by atoms with Crippen molar-refractivity contribution in [3.05, 3.63) is 89.5 Å². The molecule has 0 fully saturated rings. The molecule has 0 saturated heterocycles. The number of rotatable bonds is 15. The molecular weight excluding hydrogens is 1030 g/mol. The van der Waals surface area contributed by atoms with Crippen LogP contribution in [0.3, 0.4) is 0 Å². The Morgan fingerprint density at radius 2 is 0.458 bits per heavy atom. The van der Waals surface area contributed by atoms with Gasteiger partial charge in [0.2, 0.25) is 0 Å². The van der Waals surface area contributed by atoms with Crippen molar-refractivity contribution in [2.75, 3.05) is 0 Å². The molecule has 38 heteroatoms. The molecule has 0 aromatic heterocycles. The number of benzene rings is 3. The van der Waals surface area contributed by atoms with Crippen molar-refractivity contribution in [2.45, 2.75) is 10.2 Å². The average molecular weight is 1050 g/mol. The first-order valence-corrected chi connectivity index (χ1v) is 27.7. The van der Waals surface area contributed by atoms with Crippen molar-refractivity contribution in [3.63, 3.8) is 0 Å². The van der Waals surface area contributed by atoms with Crippen LogP contribution >= 0.6 is 7.92 Å². The van der Waals surface area contributed by atoms with Gasteiger partial charge < -0.3 is 0 Å². The molecule has 0 aliphatic carbocycles. The van der Waals surface area contributed by atoms with Crippen LogP contribution < -0.4 is 15.9 Å². The van der Waals surface area contributed by atoms with E-state index in [9.17, 15) is 117 Å². The van der Waals surface area contributed by atoms with Gasteiger partial charge in [-0.1, -0.05) is 54.6 Å². The summed E-state index contributed by atoms with van der Waals surface area (Å²) in [5.74, 6) is 0. The first kappa shape index (κ1) is 53.4. The van der Waals surface area contributed by atoms with Gasteiger partial charge in [0, 0.05) is 16.7 Å². The molecule has 0 aliphatic heterocycles. The first-order valence-electron chi connectivity index (χ1n) is 13.4. The zero-order valence-electron chi connectivity index (χ0n) is 26.9. The van der Waals surface area contributed by atoms with Gasteiger partial charge in [-0.05, 0) is 42.0 Å². The van der Waals surface area contributed by atoms with Crippen LogP contribution in [0.15, 0.2) is 72.8 Å². The van der Waals surface area contributed by atoms with E-state index in [0.717, 1.165) is 0 Å². The topological polar surface area (TPSA) is 489 Å². The van der Waals surface area contributed by atoms with E-state index in [2.05, 4.69) is 0 Å². The summed E-state index contributed by atoms with van der Waals surface area (Å²) >= 11 is 0. The van der Waals surface area contributed by atoms with E-state index in [4.69, 9.17) is 0 Å². The monoisotopic (exact) mass is 1050 g/mol. The fourth-order valence-corrected chi connectivity index (χ4v) is 21.3. The molecule has 0 atom stereocenters. The Hall–Kier alpha value is -1.72. The van der Waals surface area contributed by atoms with Crippen LogP contribution in [0, 0.1) is 0 Å². The fraction of sp³-hybridized carbons (Fsp3) is 0.143. The predicted molar refractivity (Wildman–Crippen MR) is 201 cm³/mol. The zero-order valence-corrected chi connectivity index (χ0v) is 35.2. The minimum absolute atomic E-state index is 0. The van der Waals surface area contributed by atoms with Crippen molar-refractivity contribution in [1.82, 2.24) is 0 Å². The molecule has 0 heterocycles.